The van der Waals surface area contributed by atoms with Crippen LogP contribution in [0.5, 0.6) is 23.0 Å². The molecule has 2 unspecified atom stereocenters. The maximum Gasteiger partial charge on any atom is 0.330 e. The first-order chi connectivity index (χ1) is 58.3. The lowest BCUT2D eigenvalue weighted by atomic mass is 9.80. The number of H-pyrrole nitrogens is 2. The molecule has 0 bridgehead atoms. The minimum absolute atomic E-state index is 0.0155. The van der Waals surface area contributed by atoms with Crippen molar-refractivity contribution in [2.24, 2.45) is 34.5 Å². The number of hydrogen-bond donors (Lipinski definition) is 2. The number of hydrogen-bond acceptors (Lipinski definition) is 26. The van der Waals surface area contributed by atoms with Gasteiger partial charge in [0.25, 0.3) is 0 Å². The van der Waals surface area contributed by atoms with Gasteiger partial charge in [0.1, 0.15) is 56.3 Å². The van der Waals surface area contributed by atoms with Crippen LogP contribution in [0.4, 0.5) is 0 Å². The second kappa shape index (κ2) is 40.5. The Bertz CT molecular complexity index is 5590. The molecule has 0 radical (unpaired) electrons. The van der Waals surface area contributed by atoms with Gasteiger partial charge in [0, 0.05) is 53.0 Å². The van der Waals surface area contributed by atoms with Gasteiger partial charge in [0.15, 0.2) is 0 Å². The Morgan fingerprint density at radius 3 is 1.20 bits per heavy atom. The molecule has 10 aromatic rings. The second-order valence-corrected chi connectivity index (χ2v) is 33.3. The molecular formula is C93H90N6O20S2. The first-order valence-electron chi connectivity index (χ1n) is 39.8. The molecule has 2 aliphatic rings. The number of nitrogens with one attached hydrogen (secondary N) is 2. The number of rotatable bonds is 35. The van der Waals surface area contributed by atoms with Crippen LogP contribution >= 0.6 is 22.7 Å². The third-order valence-corrected chi connectivity index (χ3v) is 22.7. The van der Waals surface area contributed by atoms with Crippen LogP contribution in [-0.4, -0.2) is 119 Å². The Hall–Kier alpha value is -13.2. The van der Waals surface area contributed by atoms with Crippen LogP contribution in [0.15, 0.2) is 171 Å². The zero-order valence-electron chi connectivity index (χ0n) is 67.4. The molecule has 12 rings (SSSR count). The molecule has 0 aliphatic heterocycles. The first-order valence-corrected chi connectivity index (χ1v) is 41.4. The number of aromatic amines is 2. The summed E-state index contributed by atoms with van der Waals surface area (Å²) in [7, 11) is 0. The van der Waals surface area contributed by atoms with E-state index in [1.165, 1.54) is 22.7 Å². The first kappa shape index (κ1) is 87.1. The third kappa shape index (κ3) is 23.6. The number of carbonyl (C=O) groups is 10. The number of ether oxygens (including phenoxy) is 10. The van der Waals surface area contributed by atoms with Crippen molar-refractivity contribution in [3.05, 3.63) is 203 Å². The number of benzene rings is 6. The average Bonchev–Trinajstić information content (AvgIpc) is 1.56. The van der Waals surface area contributed by atoms with Gasteiger partial charge < -0.3 is 57.3 Å². The van der Waals surface area contributed by atoms with E-state index in [1.54, 1.807) is 125 Å². The van der Waals surface area contributed by atoms with E-state index in [1.807, 2.05) is 48.5 Å². The van der Waals surface area contributed by atoms with Crippen LogP contribution in [0.2, 0.25) is 0 Å². The smallest absolute Gasteiger partial charge is 0.330 e. The van der Waals surface area contributed by atoms with E-state index in [9.17, 15) is 58.5 Å². The molecule has 6 aromatic carbocycles. The molecule has 0 saturated heterocycles. The van der Waals surface area contributed by atoms with Crippen molar-refractivity contribution in [2.75, 3.05) is 39.6 Å². The summed E-state index contributed by atoms with van der Waals surface area (Å²) in [6.45, 7) is 13.9. The Kier molecular flexibility index (Phi) is 29.2. The fraction of sp³-hybridized carbons (Fsp3) is 0.333. The van der Waals surface area contributed by atoms with Crippen LogP contribution in [0.25, 0.3) is 64.9 Å². The van der Waals surface area contributed by atoms with E-state index >= 15 is 0 Å². The number of nitrogens with zero attached hydrogens (tertiary/aromatic N) is 4. The highest BCUT2D eigenvalue weighted by molar-refractivity contribution is 7.20. The molecule has 121 heavy (non-hydrogen) atoms. The summed E-state index contributed by atoms with van der Waals surface area (Å²) in [6, 6.07) is 47.6. The van der Waals surface area contributed by atoms with Crippen molar-refractivity contribution in [2.45, 2.75) is 124 Å². The highest BCUT2D eigenvalue weighted by Gasteiger charge is 2.35. The number of thiazole rings is 2. The third-order valence-electron chi connectivity index (χ3n) is 20.6. The Labute approximate surface area is 705 Å². The molecule has 0 spiro atoms. The van der Waals surface area contributed by atoms with Crippen molar-refractivity contribution in [1.29, 1.82) is 10.5 Å². The molecule has 2 fully saturated rings. The van der Waals surface area contributed by atoms with Crippen molar-refractivity contribution in [3.8, 4) is 57.7 Å². The predicted octanol–water partition coefficient (Wildman–Crippen LogP) is 14.8. The molecule has 2 N–H and O–H groups in total. The van der Waals surface area contributed by atoms with Crippen LogP contribution < -0.4 is 29.6 Å². The predicted molar refractivity (Wildman–Crippen MR) is 449 cm³/mol. The molecule has 26 nitrogen and oxygen atoms in total. The van der Waals surface area contributed by atoms with Gasteiger partial charge in [-0.15, -0.1) is 22.7 Å². The fourth-order valence-corrected chi connectivity index (χ4v) is 16.0. The number of para-hydroxylation sites is 2. The van der Waals surface area contributed by atoms with E-state index in [0.717, 1.165) is 32.7 Å². The molecule has 0 amide bonds. The topological polar surface area (TPSA) is 368 Å². The number of carbonyl (C=O) groups excluding carboxylic acids is 10. The molecule has 4 heterocycles. The van der Waals surface area contributed by atoms with Gasteiger partial charge in [-0.1, -0.05) is 95.8 Å². The van der Waals surface area contributed by atoms with Crippen LogP contribution in [0.1, 0.15) is 132 Å². The Morgan fingerprint density at radius 1 is 0.446 bits per heavy atom. The molecular weight excluding hydrogens is 1590 g/mol. The van der Waals surface area contributed by atoms with E-state index in [2.05, 4.69) is 35.3 Å². The summed E-state index contributed by atoms with van der Waals surface area (Å²) in [6.07, 6.45) is 6.09. The van der Waals surface area contributed by atoms with Crippen LogP contribution in [-0.2, 0) is 89.2 Å². The summed E-state index contributed by atoms with van der Waals surface area (Å²) in [4.78, 5) is 144. The molecule has 28 heteroatoms. The minimum Gasteiger partial charge on any atom is -0.465 e. The lowest BCUT2D eigenvalue weighted by Crippen LogP contribution is -2.30. The van der Waals surface area contributed by atoms with Gasteiger partial charge in [0.2, 0.25) is 0 Å². The molecule has 624 valence electrons. The van der Waals surface area contributed by atoms with E-state index in [4.69, 9.17) is 57.3 Å². The number of nitriles is 2. The van der Waals surface area contributed by atoms with E-state index in [0.29, 0.717) is 141 Å². The monoisotopic (exact) mass is 1670 g/mol. The number of aromatic nitrogens is 4. The lowest BCUT2D eigenvalue weighted by Gasteiger charge is -2.27. The number of fused-ring (bicyclic) bond motifs is 3. The highest BCUT2D eigenvalue weighted by Crippen LogP contribution is 2.39. The van der Waals surface area contributed by atoms with Gasteiger partial charge in [-0.3, -0.25) is 38.4 Å². The van der Waals surface area contributed by atoms with E-state index in [-0.39, 0.29) is 100 Å². The molecule has 4 aromatic heterocycles. The zero-order valence-corrected chi connectivity index (χ0v) is 69.0. The Balaban J connectivity index is 0.682. The van der Waals surface area contributed by atoms with Crippen molar-refractivity contribution in [3.63, 3.8) is 0 Å². The molecule has 2 atom stereocenters. The Morgan fingerprint density at radius 2 is 0.810 bits per heavy atom. The largest absolute Gasteiger partial charge is 0.465 e. The second-order valence-electron chi connectivity index (χ2n) is 31.2. The summed E-state index contributed by atoms with van der Waals surface area (Å²) >= 11 is 2.70. The van der Waals surface area contributed by atoms with Crippen molar-refractivity contribution >= 4 is 125 Å². The maximum absolute atomic E-state index is 14.1. The summed E-state index contributed by atoms with van der Waals surface area (Å²) < 4.78 is 56.6. The summed E-state index contributed by atoms with van der Waals surface area (Å²) in [5, 5.41) is 25.5. The lowest BCUT2D eigenvalue weighted by molar-refractivity contribution is -0.154. The quantitative estimate of drug-likeness (QED) is 0.0161. The maximum atomic E-state index is 14.1. The van der Waals surface area contributed by atoms with Gasteiger partial charge in [-0.05, 0) is 170 Å². The minimum atomic E-state index is -0.640. The van der Waals surface area contributed by atoms with Crippen LogP contribution in [0.3, 0.4) is 0 Å². The van der Waals surface area contributed by atoms with Crippen molar-refractivity contribution < 1.29 is 95.3 Å². The molecule has 2 aliphatic carbocycles. The average molecular weight is 1680 g/mol. The van der Waals surface area contributed by atoms with Crippen LogP contribution in [0, 0.1) is 57.2 Å². The summed E-state index contributed by atoms with van der Waals surface area (Å²) in [5.74, 6) is -5.69. The van der Waals surface area contributed by atoms with Gasteiger partial charge in [0.05, 0.1) is 126 Å². The van der Waals surface area contributed by atoms with Crippen molar-refractivity contribution in [1.82, 2.24) is 19.9 Å². The molecule has 2 saturated carbocycles. The highest BCUT2D eigenvalue weighted by atomic mass is 32.1. The van der Waals surface area contributed by atoms with Gasteiger partial charge >= 0.3 is 59.7 Å². The van der Waals surface area contributed by atoms with Gasteiger partial charge in [-0.25, -0.2) is 19.6 Å². The van der Waals surface area contributed by atoms with Gasteiger partial charge in [-0.2, -0.15) is 10.5 Å². The fourth-order valence-electron chi connectivity index (χ4n) is 14.1. The normalized spacial score (nSPS) is 15.8. The zero-order chi connectivity index (χ0) is 85.7. The summed E-state index contributed by atoms with van der Waals surface area (Å²) in [5.41, 5.74) is 4.42. The number of esters is 10. The van der Waals surface area contributed by atoms with E-state index < -0.39 is 88.3 Å². The SMILES string of the molecule is C=CC(=O)OCC(C)(C)COC(=O)CCC(=O)OCCc1ccc(OC(=O)CC2CCCC(C(=O)Oc3ccc(-c4[nH]/c(=C(/C#N)c5nc6ccccc6s5)c5c(-c6ccc(OC(=O)C7CCC(C(=O)Oc8ccc(CCOC(=O)CCC(=O)OCC(C)(C)COC(=O)C=C)cc8)CC7)cc6)[nH]/c(=C(/C#N)c6nc7ccccc7s6)c45)cc3)C2)cc1. The standard InChI is InChI=1S/C93H90N6O20S2/c1-7-74(100)112-52-92(3,4)54-114-78(104)42-40-76(102)110-46-44-56-20-32-64(33-21-56)116-80(106)49-58-14-13-15-63(48-58)91(109)119-67-38-30-60(31-39-67)84-82-81(85(99-84)68(50-94)87-96-70-16-9-11-18-72(70)120-87)83(98-86(82)69(51-95)88-97-71-17-10-12-19-73(71)121-88)59-28-36-66(37-29-59)118-90(108)62-26-24-61(25-27-62)89(107)117-65-34-22-57(23-35-65)45-47-111-77(103)41-43-79(105)115-55-93(5,6)53-113-75(101)8-2/h7-12,16-23,28-39,58,61-63,98-99H,1-2,13-15,24-27,40-49,52-55H2,3-6H3/b85-68-,86-69-.